The van der Waals surface area contributed by atoms with Gasteiger partial charge in [-0.15, -0.1) is 0 Å². The molecule has 2 aromatic carbocycles. The van der Waals surface area contributed by atoms with Crippen LogP contribution >= 0.6 is 0 Å². The quantitative estimate of drug-likeness (QED) is 0.551. The van der Waals surface area contributed by atoms with Crippen LogP contribution in [0.1, 0.15) is 47.8 Å². The molecule has 0 radical (unpaired) electrons. The number of anilines is 2. The minimum absolute atomic E-state index is 0.233. The molecule has 3 aromatic rings. The topological polar surface area (TPSA) is 66.9 Å². The fraction of sp³-hybridized carbons (Fsp3) is 0.261. The third-order valence-corrected chi connectivity index (χ3v) is 4.49. The summed E-state index contributed by atoms with van der Waals surface area (Å²) in [6.45, 7) is 4.95. The van der Waals surface area contributed by atoms with E-state index in [9.17, 15) is 4.79 Å². The lowest BCUT2D eigenvalue weighted by Crippen LogP contribution is -2.17. The Kier molecular flexibility index (Phi) is 6.73. The maximum Gasteiger partial charge on any atom is 0.274 e. The summed E-state index contributed by atoms with van der Waals surface area (Å²) >= 11 is 0. The van der Waals surface area contributed by atoms with Gasteiger partial charge in [0.2, 0.25) is 5.95 Å². The molecule has 5 nitrogen and oxygen atoms in total. The van der Waals surface area contributed by atoms with E-state index in [2.05, 4.69) is 46.6 Å². The van der Waals surface area contributed by atoms with Crippen LogP contribution in [0.15, 0.2) is 66.9 Å². The van der Waals surface area contributed by atoms with Crippen molar-refractivity contribution in [2.24, 2.45) is 0 Å². The molecule has 0 aliphatic heterocycles. The van der Waals surface area contributed by atoms with E-state index in [1.807, 2.05) is 42.5 Å². The minimum Gasteiger partial charge on any atom is -0.354 e. The Morgan fingerprint density at radius 1 is 1.00 bits per heavy atom. The van der Waals surface area contributed by atoms with Gasteiger partial charge in [0.1, 0.15) is 5.69 Å². The second-order valence-electron chi connectivity index (χ2n) is 6.98. The van der Waals surface area contributed by atoms with Crippen LogP contribution in [0.5, 0.6) is 0 Å². The van der Waals surface area contributed by atoms with Crippen molar-refractivity contribution in [3.05, 3.63) is 83.7 Å². The van der Waals surface area contributed by atoms with Crippen LogP contribution in [0.3, 0.4) is 0 Å². The molecule has 1 aromatic heterocycles. The molecular formula is C23H26N4O. The smallest absolute Gasteiger partial charge is 0.274 e. The van der Waals surface area contributed by atoms with Crippen LogP contribution in [0.4, 0.5) is 11.6 Å². The number of aromatic nitrogens is 2. The summed E-state index contributed by atoms with van der Waals surface area (Å²) in [4.78, 5) is 21.2. The molecule has 0 saturated carbocycles. The molecule has 28 heavy (non-hydrogen) atoms. The van der Waals surface area contributed by atoms with E-state index in [4.69, 9.17) is 0 Å². The number of carbonyl (C=O) groups is 1. The largest absolute Gasteiger partial charge is 0.354 e. The van der Waals surface area contributed by atoms with Gasteiger partial charge in [0.15, 0.2) is 0 Å². The first-order chi connectivity index (χ1) is 13.6. The summed E-state index contributed by atoms with van der Waals surface area (Å²) in [5.41, 5.74) is 3.57. The SMILES string of the molecule is CC(C)c1ccccc1NC(=O)c1ccnc(NCCCc2ccccc2)n1. The van der Waals surface area contributed by atoms with Gasteiger partial charge < -0.3 is 10.6 Å². The van der Waals surface area contributed by atoms with Gasteiger partial charge in [0.05, 0.1) is 0 Å². The number of rotatable bonds is 8. The maximum absolute atomic E-state index is 12.6. The lowest BCUT2D eigenvalue weighted by molar-refractivity contribution is 0.102. The maximum atomic E-state index is 12.6. The number of nitrogens with zero attached hydrogens (tertiary/aromatic N) is 2. The molecule has 2 N–H and O–H groups in total. The average Bonchev–Trinajstić information content (AvgIpc) is 2.72. The zero-order valence-electron chi connectivity index (χ0n) is 16.4. The van der Waals surface area contributed by atoms with Crippen LogP contribution in [-0.2, 0) is 6.42 Å². The first kappa shape index (κ1) is 19.5. The molecule has 144 valence electrons. The number of para-hydroxylation sites is 1. The molecule has 0 atom stereocenters. The number of amides is 1. The van der Waals surface area contributed by atoms with Crippen molar-refractivity contribution in [1.82, 2.24) is 9.97 Å². The second-order valence-corrected chi connectivity index (χ2v) is 6.98. The molecule has 0 aliphatic carbocycles. The van der Waals surface area contributed by atoms with E-state index in [0.29, 0.717) is 17.6 Å². The van der Waals surface area contributed by atoms with Gasteiger partial charge in [-0.2, -0.15) is 0 Å². The van der Waals surface area contributed by atoms with Gasteiger partial charge in [0, 0.05) is 18.4 Å². The Balaban J connectivity index is 1.57. The number of nitrogens with one attached hydrogen (secondary N) is 2. The highest BCUT2D eigenvalue weighted by Gasteiger charge is 2.12. The van der Waals surface area contributed by atoms with Crippen molar-refractivity contribution in [3.63, 3.8) is 0 Å². The third kappa shape index (κ3) is 5.39. The summed E-state index contributed by atoms with van der Waals surface area (Å²) in [6, 6.07) is 19.8. The molecule has 0 aliphatic rings. The zero-order valence-corrected chi connectivity index (χ0v) is 16.4. The van der Waals surface area contributed by atoms with Crippen molar-refractivity contribution < 1.29 is 4.79 Å². The molecule has 5 heteroatoms. The molecule has 1 amide bonds. The van der Waals surface area contributed by atoms with Crippen LogP contribution in [0, 0.1) is 0 Å². The number of aryl methyl sites for hydroxylation is 1. The van der Waals surface area contributed by atoms with E-state index in [1.54, 1.807) is 12.3 Å². The number of hydrogen-bond donors (Lipinski definition) is 2. The molecule has 0 unspecified atom stereocenters. The number of hydrogen-bond acceptors (Lipinski definition) is 4. The highest BCUT2D eigenvalue weighted by molar-refractivity contribution is 6.03. The van der Waals surface area contributed by atoms with Gasteiger partial charge in [-0.3, -0.25) is 4.79 Å². The van der Waals surface area contributed by atoms with E-state index >= 15 is 0 Å². The van der Waals surface area contributed by atoms with Crippen molar-refractivity contribution >= 4 is 17.5 Å². The zero-order chi connectivity index (χ0) is 19.8. The summed E-state index contributed by atoms with van der Waals surface area (Å²) in [5, 5.41) is 6.17. The summed E-state index contributed by atoms with van der Waals surface area (Å²) in [6.07, 6.45) is 3.56. The van der Waals surface area contributed by atoms with Crippen molar-refractivity contribution in [1.29, 1.82) is 0 Å². The van der Waals surface area contributed by atoms with E-state index < -0.39 is 0 Å². The molecule has 0 fully saturated rings. The van der Waals surface area contributed by atoms with Gasteiger partial charge in [-0.25, -0.2) is 9.97 Å². The molecular weight excluding hydrogens is 348 g/mol. The van der Waals surface area contributed by atoms with Crippen LogP contribution in [0.25, 0.3) is 0 Å². The van der Waals surface area contributed by atoms with Crippen LogP contribution in [-0.4, -0.2) is 22.4 Å². The molecule has 1 heterocycles. The molecule has 3 rings (SSSR count). The predicted molar refractivity (Wildman–Crippen MR) is 114 cm³/mol. The Bertz CT molecular complexity index is 909. The van der Waals surface area contributed by atoms with E-state index in [-0.39, 0.29) is 5.91 Å². The fourth-order valence-electron chi connectivity index (χ4n) is 3.01. The van der Waals surface area contributed by atoms with Gasteiger partial charge >= 0.3 is 0 Å². The van der Waals surface area contributed by atoms with Crippen LogP contribution < -0.4 is 10.6 Å². The average molecular weight is 374 g/mol. The molecule has 0 spiro atoms. The normalized spacial score (nSPS) is 10.7. The van der Waals surface area contributed by atoms with E-state index in [0.717, 1.165) is 30.6 Å². The van der Waals surface area contributed by atoms with Crippen molar-refractivity contribution in [3.8, 4) is 0 Å². The summed E-state index contributed by atoms with van der Waals surface area (Å²) in [7, 11) is 0. The summed E-state index contributed by atoms with van der Waals surface area (Å²) < 4.78 is 0. The molecule has 0 saturated heterocycles. The lowest BCUT2D eigenvalue weighted by Gasteiger charge is -2.13. The monoisotopic (exact) mass is 374 g/mol. The minimum atomic E-state index is -0.233. The first-order valence-corrected chi connectivity index (χ1v) is 9.64. The van der Waals surface area contributed by atoms with Gasteiger partial charge in [-0.1, -0.05) is 62.4 Å². The first-order valence-electron chi connectivity index (χ1n) is 9.64. The van der Waals surface area contributed by atoms with Gasteiger partial charge in [-0.05, 0) is 42.0 Å². The number of benzene rings is 2. The second kappa shape index (κ2) is 9.65. The standard InChI is InChI=1S/C23H26N4O/c1-17(2)19-12-6-7-13-20(19)26-22(28)21-14-16-25-23(27-21)24-15-8-11-18-9-4-3-5-10-18/h3-7,9-10,12-14,16-17H,8,11,15H2,1-2H3,(H,26,28)(H,24,25,27). The third-order valence-electron chi connectivity index (χ3n) is 4.49. The number of carbonyl (C=O) groups excluding carboxylic acids is 1. The van der Waals surface area contributed by atoms with Crippen LogP contribution in [0.2, 0.25) is 0 Å². The Hall–Kier alpha value is -3.21. The molecule has 0 bridgehead atoms. The van der Waals surface area contributed by atoms with Crippen molar-refractivity contribution in [2.45, 2.75) is 32.6 Å². The van der Waals surface area contributed by atoms with Gasteiger partial charge in [0.25, 0.3) is 5.91 Å². The predicted octanol–water partition coefficient (Wildman–Crippen LogP) is 4.90. The summed E-state index contributed by atoms with van der Waals surface area (Å²) in [5.74, 6) is 0.560. The Labute approximate surface area is 166 Å². The Morgan fingerprint density at radius 3 is 2.54 bits per heavy atom. The lowest BCUT2D eigenvalue weighted by atomic mass is 10.0. The highest BCUT2D eigenvalue weighted by Crippen LogP contribution is 2.24. The Morgan fingerprint density at radius 2 is 1.75 bits per heavy atom. The van der Waals surface area contributed by atoms with Crippen molar-refractivity contribution in [2.75, 3.05) is 17.2 Å². The fourth-order valence-corrected chi connectivity index (χ4v) is 3.01. The van der Waals surface area contributed by atoms with E-state index in [1.165, 1.54) is 5.56 Å². The highest BCUT2D eigenvalue weighted by atomic mass is 16.1.